The lowest BCUT2D eigenvalue weighted by atomic mass is 10.1. The Hall–Kier alpha value is -2.36. The molecule has 2 rings (SSSR count). The fourth-order valence-electron chi connectivity index (χ4n) is 1.54. The number of hydrogen-bond donors (Lipinski definition) is 2. The van der Waals surface area contributed by atoms with Crippen molar-refractivity contribution in [1.29, 1.82) is 0 Å². The van der Waals surface area contributed by atoms with Crippen molar-refractivity contribution in [3.63, 3.8) is 0 Å². The maximum Gasteiger partial charge on any atom is 0.275 e. The number of aromatic hydroxyl groups is 1. The molecule has 1 amide bonds. The molecule has 0 radical (unpaired) electrons. The van der Waals surface area contributed by atoms with Crippen LogP contribution in [-0.4, -0.2) is 17.7 Å². The SMILES string of the molecule is C.C=NNC(=O)c1cc2ccccc2cc1O. The highest BCUT2D eigenvalue weighted by Crippen LogP contribution is 2.24. The van der Waals surface area contributed by atoms with E-state index in [9.17, 15) is 9.90 Å². The first kappa shape index (κ1) is 12.7. The Bertz CT molecular complexity index is 564. The number of phenols is 1. The highest BCUT2D eigenvalue weighted by atomic mass is 16.3. The van der Waals surface area contributed by atoms with Gasteiger partial charge in [-0.25, -0.2) is 5.43 Å². The Labute approximate surface area is 99.6 Å². The largest absolute Gasteiger partial charge is 0.507 e. The van der Waals surface area contributed by atoms with Gasteiger partial charge in [0, 0.05) is 6.72 Å². The van der Waals surface area contributed by atoms with Crippen molar-refractivity contribution in [3.8, 4) is 5.75 Å². The fourth-order valence-corrected chi connectivity index (χ4v) is 1.54. The monoisotopic (exact) mass is 230 g/mol. The summed E-state index contributed by atoms with van der Waals surface area (Å²) >= 11 is 0. The average molecular weight is 230 g/mol. The number of benzene rings is 2. The molecule has 0 unspecified atom stereocenters. The van der Waals surface area contributed by atoms with Crippen molar-refractivity contribution in [3.05, 3.63) is 42.0 Å². The molecule has 2 aromatic rings. The first-order chi connectivity index (χ1) is 7.72. The summed E-state index contributed by atoms with van der Waals surface area (Å²) in [4.78, 5) is 11.5. The number of rotatable bonds is 2. The van der Waals surface area contributed by atoms with E-state index in [0.29, 0.717) is 0 Å². The third-order valence-electron chi connectivity index (χ3n) is 2.29. The second kappa shape index (κ2) is 5.12. The highest BCUT2D eigenvalue weighted by molar-refractivity contribution is 6.01. The van der Waals surface area contributed by atoms with Gasteiger partial charge in [-0.1, -0.05) is 31.7 Å². The molecule has 88 valence electrons. The van der Waals surface area contributed by atoms with Crippen LogP contribution < -0.4 is 5.43 Å². The molecule has 0 bridgehead atoms. The number of nitrogens with zero attached hydrogens (tertiary/aromatic N) is 1. The van der Waals surface area contributed by atoms with E-state index in [1.54, 1.807) is 12.1 Å². The molecule has 17 heavy (non-hydrogen) atoms. The van der Waals surface area contributed by atoms with Gasteiger partial charge in [0.1, 0.15) is 5.75 Å². The summed E-state index contributed by atoms with van der Waals surface area (Å²) in [5.74, 6) is -0.543. The molecule has 0 saturated heterocycles. The van der Waals surface area contributed by atoms with E-state index in [1.807, 2.05) is 24.3 Å². The van der Waals surface area contributed by atoms with Crippen LogP contribution in [0.1, 0.15) is 17.8 Å². The number of amides is 1. The van der Waals surface area contributed by atoms with E-state index in [1.165, 1.54) is 0 Å². The summed E-state index contributed by atoms with van der Waals surface area (Å²) in [5.41, 5.74) is 2.37. The maximum absolute atomic E-state index is 11.5. The second-order valence-corrected chi connectivity index (χ2v) is 3.32. The quantitative estimate of drug-likeness (QED) is 0.615. The molecule has 2 N–H and O–H groups in total. The van der Waals surface area contributed by atoms with Gasteiger partial charge in [-0.2, -0.15) is 5.10 Å². The van der Waals surface area contributed by atoms with Crippen LogP contribution in [-0.2, 0) is 0 Å². The molecule has 4 nitrogen and oxygen atoms in total. The lowest BCUT2D eigenvalue weighted by molar-refractivity contribution is 0.0953. The number of hydrazone groups is 1. The van der Waals surface area contributed by atoms with Crippen molar-refractivity contribution in [2.45, 2.75) is 7.43 Å². The van der Waals surface area contributed by atoms with E-state index >= 15 is 0 Å². The molecule has 0 aliphatic heterocycles. The van der Waals surface area contributed by atoms with E-state index in [4.69, 9.17) is 0 Å². The average Bonchev–Trinajstić information content (AvgIpc) is 2.28. The molecule has 0 heterocycles. The van der Waals surface area contributed by atoms with E-state index in [0.717, 1.165) is 10.8 Å². The van der Waals surface area contributed by atoms with Crippen molar-refractivity contribution in [2.24, 2.45) is 5.10 Å². The van der Waals surface area contributed by atoms with Gasteiger partial charge in [0.25, 0.3) is 5.91 Å². The van der Waals surface area contributed by atoms with E-state index in [2.05, 4.69) is 17.2 Å². The highest BCUT2D eigenvalue weighted by Gasteiger charge is 2.11. The molecular weight excluding hydrogens is 216 g/mol. The normalized spacial score (nSPS) is 9.41. The van der Waals surface area contributed by atoms with E-state index < -0.39 is 5.91 Å². The molecule has 0 spiro atoms. The van der Waals surface area contributed by atoms with Crippen LogP contribution in [0.2, 0.25) is 0 Å². The zero-order valence-electron chi connectivity index (χ0n) is 8.47. The lowest BCUT2D eigenvalue weighted by Gasteiger charge is -2.05. The van der Waals surface area contributed by atoms with Gasteiger partial charge in [-0.05, 0) is 22.9 Å². The number of carbonyl (C=O) groups is 1. The van der Waals surface area contributed by atoms with Gasteiger partial charge in [0.2, 0.25) is 0 Å². The van der Waals surface area contributed by atoms with Crippen LogP contribution in [0.3, 0.4) is 0 Å². The lowest BCUT2D eigenvalue weighted by Crippen LogP contribution is -2.16. The number of phenolic OH excluding ortho intramolecular Hbond substituents is 1. The predicted molar refractivity (Wildman–Crippen MR) is 69.4 cm³/mol. The molecule has 0 aromatic heterocycles. The van der Waals surface area contributed by atoms with Crippen molar-refractivity contribution in [2.75, 3.05) is 0 Å². The van der Waals surface area contributed by atoms with Gasteiger partial charge < -0.3 is 5.11 Å². The predicted octanol–water partition coefficient (Wildman–Crippen LogP) is 2.53. The zero-order chi connectivity index (χ0) is 11.5. The number of carbonyl (C=O) groups excluding carboxylic acids is 1. The van der Waals surface area contributed by atoms with Gasteiger partial charge in [-0.15, -0.1) is 0 Å². The summed E-state index contributed by atoms with van der Waals surface area (Å²) in [7, 11) is 0. The minimum Gasteiger partial charge on any atom is -0.507 e. The number of hydrogen-bond acceptors (Lipinski definition) is 3. The van der Waals surface area contributed by atoms with Gasteiger partial charge in [0.15, 0.2) is 0 Å². The van der Waals surface area contributed by atoms with Crippen molar-refractivity contribution < 1.29 is 9.90 Å². The van der Waals surface area contributed by atoms with Crippen LogP contribution in [0.5, 0.6) is 5.75 Å². The summed E-state index contributed by atoms with van der Waals surface area (Å²) in [6, 6.07) is 10.6. The maximum atomic E-state index is 11.5. The Morgan fingerprint density at radius 2 is 1.82 bits per heavy atom. The van der Waals surface area contributed by atoms with Crippen molar-refractivity contribution in [1.82, 2.24) is 5.43 Å². The standard InChI is InChI=1S/C12H10N2O2.CH4/c1-13-14-12(16)10-6-8-4-2-3-5-9(8)7-11(10)15;/h2-7,15H,1H2,(H,14,16);1H4. The molecule has 4 heteroatoms. The van der Waals surface area contributed by atoms with Gasteiger partial charge in [-0.3, -0.25) is 4.79 Å². The molecular formula is C13H14N2O2. The third-order valence-corrected chi connectivity index (χ3v) is 2.29. The van der Waals surface area contributed by atoms with Crippen LogP contribution in [0.4, 0.5) is 0 Å². The summed E-state index contributed by atoms with van der Waals surface area (Å²) in [5, 5.41) is 14.7. The Balaban J connectivity index is 0.00000144. The molecule has 0 fully saturated rings. The molecule has 2 aromatic carbocycles. The van der Waals surface area contributed by atoms with Crippen LogP contribution in [0, 0.1) is 0 Å². The fraction of sp³-hybridized carbons (Fsp3) is 0.0769. The summed E-state index contributed by atoms with van der Waals surface area (Å²) in [6.45, 7) is 3.15. The summed E-state index contributed by atoms with van der Waals surface area (Å²) < 4.78 is 0. The van der Waals surface area contributed by atoms with Crippen LogP contribution >= 0.6 is 0 Å². The smallest absolute Gasteiger partial charge is 0.275 e. The van der Waals surface area contributed by atoms with E-state index in [-0.39, 0.29) is 18.7 Å². The molecule has 0 aliphatic carbocycles. The van der Waals surface area contributed by atoms with Crippen molar-refractivity contribution >= 4 is 23.4 Å². The third kappa shape index (κ3) is 2.42. The Kier molecular flexibility index (Phi) is 3.82. The number of nitrogens with one attached hydrogen (secondary N) is 1. The first-order valence-electron chi connectivity index (χ1n) is 4.70. The first-order valence-corrected chi connectivity index (χ1v) is 4.70. The van der Waals surface area contributed by atoms with Gasteiger partial charge >= 0.3 is 0 Å². The van der Waals surface area contributed by atoms with Gasteiger partial charge in [0.05, 0.1) is 5.56 Å². The van der Waals surface area contributed by atoms with Crippen LogP contribution in [0.15, 0.2) is 41.5 Å². The van der Waals surface area contributed by atoms with Crippen LogP contribution in [0.25, 0.3) is 10.8 Å². The minimum absolute atomic E-state index is 0. The topological polar surface area (TPSA) is 61.7 Å². The Morgan fingerprint density at radius 1 is 1.24 bits per heavy atom. The number of fused-ring (bicyclic) bond motifs is 1. The molecule has 0 aliphatic rings. The zero-order valence-corrected chi connectivity index (χ0v) is 8.47. The Morgan fingerprint density at radius 3 is 2.41 bits per heavy atom. The molecule has 0 atom stereocenters. The molecule has 0 saturated carbocycles. The summed E-state index contributed by atoms with van der Waals surface area (Å²) in [6.07, 6.45) is 0. The minimum atomic E-state index is -0.474. The second-order valence-electron chi connectivity index (χ2n) is 3.32.